The first kappa shape index (κ1) is 65.5. The van der Waals surface area contributed by atoms with Crippen LogP contribution in [0.2, 0.25) is 0 Å². The van der Waals surface area contributed by atoms with Crippen molar-refractivity contribution < 1.29 is 89.2 Å². The van der Waals surface area contributed by atoms with Gasteiger partial charge in [-0.25, -0.2) is 0 Å². The number of carboxylic acids is 1. The molecule has 14 N–H and O–H groups in total. The standard InChI is InChI=1S/C58H84N2O18/c1-35-17-14-12-10-8-6-4-5-7-9-11-13-15-20-46(76-57-54(71)52(60)53(70)37(3)75-57)32-49-51(56(72)73)48(68)34-58(74,78-49)33-45(66)28-41(62)19-16-18-40(61)27-43(64)29-44(65)31-50(69)77-55(35)36(2)21-26-42(63)30-47(67)38-22-24-39(59)25-23-38/h4-15,17,20,22-25,35-37,40-43,45-46,48-49,51-55,57,61-64,66,68,70-71,74H,16,18-19,21,26-34,59-60H2,1-3H3,(H,72,73)/b5-4+,8-6+,9-7+,12-10-,13-11+,17-14-,20-15+. The first-order valence-electron chi connectivity index (χ1n) is 26.9. The zero-order valence-electron chi connectivity index (χ0n) is 44.8. The molecule has 3 aliphatic heterocycles. The average molecular weight is 1100 g/mol. The van der Waals surface area contributed by atoms with Gasteiger partial charge in [-0.2, -0.15) is 0 Å². The number of cyclic esters (lactones) is 1. The van der Waals surface area contributed by atoms with E-state index in [1.165, 1.54) is 13.0 Å². The second-order valence-electron chi connectivity index (χ2n) is 21.0. The number of nitrogens with two attached hydrogens (primary N) is 2. The Bertz CT molecular complexity index is 2250. The van der Waals surface area contributed by atoms with Gasteiger partial charge in [-0.3, -0.25) is 19.2 Å². The van der Waals surface area contributed by atoms with Crippen LogP contribution >= 0.6 is 0 Å². The molecule has 4 rings (SSSR count). The predicted molar refractivity (Wildman–Crippen MR) is 289 cm³/mol. The number of aliphatic hydroxyl groups is 9. The van der Waals surface area contributed by atoms with E-state index in [1.54, 1.807) is 97.2 Å². The number of fused-ring (bicyclic) bond motifs is 2. The van der Waals surface area contributed by atoms with Crippen molar-refractivity contribution in [3.8, 4) is 0 Å². The van der Waals surface area contributed by atoms with Crippen LogP contribution in [0.25, 0.3) is 0 Å². The molecule has 0 amide bonds. The van der Waals surface area contributed by atoms with Crippen LogP contribution in [0, 0.1) is 17.8 Å². The SMILES string of the molecule is CC1\C=C/C=C\C=C\C=C\C=C\C=C\C=C\C(OC2OC(C)C(O)C(N)C2O)CC2OC(O)(CC(O)CC(O)CCCC(O)CC(O)CC(=O)CC(=O)OC1C(C)CCC(O)CC(=O)c1ccc(N)cc1)CC(O)C2C(=O)O. The topological polar surface area (TPSA) is 360 Å². The fourth-order valence-electron chi connectivity index (χ4n) is 9.84. The molecule has 1 aromatic rings. The summed E-state index contributed by atoms with van der Waals surface area (Å²) in [4.78, 5) is 51.6. The lowest BCUT2D eigenvalue weighted by atomic mass is 9.82. The van der Waals surface area contributed by atoms with E-state index in [-0.39, 0.29) is 69.0 Å². The molecule has 18 atom stereocenters. The quantitative estimate of drug-likeness (QED) is 0.0692. The summed E-state index contributed by atoms with van der Waals surface area (Å²) in [6, 6.07) is 5.26. The van der Waals surface area contributed by atoms with Crippen LogP contribution in [0.1, 0.15) is 115 Å². The van der Waals surface area contributed by atoms with Gasteiger partial charge < -0.3 is 81.5 Å². The molecule has 1 aromatic carbocycles. The van der Waals surface area contributed by atoms with Crippen molar-refractivity contribution in [3.63, 3.8) is 0 Å². The van der Waals surface area contributed by atoms with Crippen molar-refractivity contribution in [2.75, 3.05) is 5.73 Å². The Labute approximate surface area is 456 Å². The number of Topliss-reactive ketones (excluding diaryl/α,β-unsaturated/α-hetero) is 2. The number of ether oxygens (including phenoxy) is 4. The number of anilines is 1. The van der Waals surface area contributed by atoms with Crippen LogP contribution in [0.5, 0.6) is 0 Å². The summed E-state index contributed by atoms with van der Waals surface area (Å²) in [5.41, 5.74) is 12.7. The van der Waals surface area contributed by atoms with Crippen molar-refractivity contribution in [1.29, 1.82) is 0 Å². The fourth-order valence-corrected chi connectivity index (χ4v) is 9.84. The largest absolute Gasteiger partial charge is 0.481 e. The predicted octanol–water partition coefficient (Wildman–Crippen LogP) is 3.32. The molecule has 2 saturated heterocycles. The van der Waals surface area contributed by atoms with Crippen LogP contribution in [-0.4, -0.2) is 166 Å². The Morgan fingerprint density at radius 3 is 1.91 bits per heavy atom. The molecule has 0 aliphatic carbocycles. The Hall–Kier alpha value is -5.04. The van der Waals surface area contributed by atoms with E-state index in [0.717, 1.165) is 0 Å². The normalized spacial score (nSPS) is 37.8. The van der Waals surface area contributed by atoms with Crippen LogP contribution < -0.4 is 11.5 Å². The molecular weight excluding hydrogens is 1010 g/mol. The Morgan fingerprint density at radius 2 is 1.32 bits per heavy atom. The lowest BCUT2D eigenvalue weighted by Crippen LogP contribution is -2.61. The van der Waals surface area contributed by atoms with E-state index in [0.29, 0.717) is 17.7 Å². The highest BCUT2D eigenvalue weighted by Crippen LogP contribution is 2.38. The third-order valence-electron chi connectivity index (χ3n) is 14.1. The van der Waals surface area contributed by atoms with Gasteiger partial charge in [0.25, 0.3) is 0 Å². The van der Waals surface area contributed by atoms with Gasteiger partial charge in [-0.1, -0.05) is 98.9 Å². The van der Waals surface area contributed by atoms with Gasteiger partial charge in [-0.05, 0) is 82.1 Å². The Balaban J connectivity index is 1.52. The number of hydrogen-bond donors (Lipinski definition) is 12. The van der Waals surface area contributed by atoms with Crippen molar-refractivity contribution >= 4 is 29.2 Å². The number of nitrogen functional groups attached to an aromatic ring is 1. The Kier molecular flexibility index (Phi) is 27.6. The highest BCUT2D eigenvalue weighted by molar-refractivity contribution is 5.96. The molecule has 20 heteroatoms. The van der Waals surface area contributed by atoms with Crippen molar-refractivity contribution in [2.45, 2.75) is 196 Å². The van der Waals surface area contributed by atoms with Gasteiger partial charge in [0.15, 0.2) is 17.9 Å². The van der Waals surface area contributed by atoms with E-state index in [1.807, 2.05) is 19.9 Å². The molecule has 2 bridgehead atoms. The lowest BCUT2D eigenvalue weighted by molar-refractivity contribution is -0.308. The molecule has 434 valence electrons. The number of hydrogen-bond acceptors (Lipinski definition) is 19. The zero-order chi connectivity index (χ0) is 57.5. The fraction of sp³-hybridized carbons (Fsp3) is 0.586. The average Bonchev–Trinajstić information content (AvgIpc) is 3.41. The van der Waals surface area contributed by atoms with Gasteiger partial charge in [0.05, 0.1) is 67.1 Å². The minimum atomic E-state index is -2.27. The maximum Gasteiger partial charge on any atom is 0.313 e. The number of esters is 1. The molecular formula is C58H84N2O18. The number of carboxylic acid groups (broad SMARTS) is 1. The molecule has 3 aliphatic rings. The van der Waals surface area contributed by atoms with Crippen molar-refractivity contribution in [3.05, 3.63) is 115 Å². The number of carbonyl (C=O) groups excluding carboxylic acids is 3. The minimum absolute atomic E-state index is 0.0720. The van der Waals surface area contributed by atoms with E-state index < -0.39 is 141 Å². The number of allylic oxidation sites excluding steroid dienone is 12. The van der Waals surface area contributed by atoms with E-state index in [2.05, 4.69) is 0 Å². The number of carbonyl (C=O) groups is 4. The van der Waals surface area contributed by atoms with Gasteiger partial charge in [0.1, 0.15) is 30.3 Å². The second kappa shape index (κ2) is 32.9. The number of rotatable bonds is 10. The maximum atomic E-state index is 13.3. The van der Waals surface area contributed by atoms with Gasteiger partial charge in [0, 0.05) is 49.3 Å². The third-order valence-corrected chi connectivity index (χ3v) is 14.1. The summed E-state index contributed by atoms with van der Waals surface area (Å²) >= 11 is 0. The van der Waals surface area contributed by atoms with E-state index in [9.17, 15) is 70.2 Å². The van der Waals surface area contributed by atoms with Crippen LogP contribution in [0.4, 0.5) is 5.69 Å². The van der Waals surface area contributed by atoms with Crippen LogP contribution in [0.15, 0.2) is 109 Å². The molecule has 3 heterocycles. The van der Waals surface area contributed by atoms with Gasteiger partial charge in [-0.15, -0.1) is 0 Å². The zero-order valence-corrected chi connectivity index (χ0v) is 44.8. The third kappa shape index (κ3) is 22.6. The van der Waals surface area contributed by atoms with Crippen LogP contribution in [0.3, 0.4) is 0 Å². The molecule has 0 saturated carbocycles. The van der Waals surface area contributed by atoms with Crippen molar-refractivity contribution in [1.82, 2.24) is 0 Å². The summed E-state index contributed by atoms with van der Waals surface area (Å²) in [5, 5.41) is 108. The summed E-state index contributed by atoms with van der Waals surface area (Å²) in [5.74, 6) is -7.63. The molecule has 0 spiro atoms. The van der Waals surface area contributed by atoms with E-state index in [4.69, 9.17) is 30.4 Å². The Morgan fingerprint density at radius 1 is 0.756 bits per heavy atom. The number of aliphatic hydroxyl groups excluding tert-OH is 8. The lowest BCUT2D eigenvalue weighted by Gasteiger charge is -2.45. The van der Waals surface area contributed by atoms with Gasteiger partial charge in [0.2, 0.25) is 0 Å². The molecule has 0 aromatic heterocycles. The number of aliphatic carboxylic acids is 1. The molecule has 20 nitrogen and oxygen atoms in total. The van der Waals surface area contributed by atoms with E-state index >= 15 is 0 Å². The van der Waals surface area contributed by atoms with Gasteiger partial charge >= 0.3 is 11.9 Å². The second-order valence-corrected chi connectivity index (χ2v) is 21.0. The summed E-state index contributed by atoms with van der Waals surface area (Å²) in [7, 11) is 0. The number of ketones is 2. The smallest absolute Gasteiger partial charge is 0.313 e. The molecule has 2 fully saturated rings. The summed E-state index contributed by atoms with van der Waals surface area (Å²) < 4.78 is 23.7. The van der Waals surface area contributed by atoms with Crippen LogP contribution in [-0.2, 0) is 33.3 Å². The molecule has 78 heavy (non-hydrogen) atoms. The number of benzene rings is 1. The first-order chi connectivity index (χ1) is 36.9. The highest BCUT2D eigenvalue weighted by atomic mass is 16.7. The minimum Gasteiger partial charge on any atom is -0.481 e. The summed E-state index contributed by atoms with van der Waals surface area (Å²) in [6.45, 7) is 5.23. The highest BCUT2D eigenvalue weighted by Gasteiger charge is 2.51. The maximum absolute atomic E-state index is 13.3. The monoisotopic (exact) mass is 1100 g/mol. The summed E-state index contributed by atoms with van der Waals surface area (Å²) in [6.07, 6.45) is 6.31. The molecule has 0 radical (unpaired) electrons. The first-order valence-corrected chi connectivity index (χ1v) is 26.9. The molecule has 18 unspecified atom stereocenters. The van der Waals surface area contributed by atoms with Crippen molar-refractivity contribution in [2.24, 2.45) is 23.5 Å².